The molecule has 2 unspecified atom stereocenters. The zero-order valence-electron chi connectivity index (χ0n) is 28.0. The van der Waals surface area contributed by atoms with Gasteiger partial charge < -0.3 is 37.7 Å². The maximum atomic E-state index is 12.4. The second-order valence-corrected chi connectivity index (χ2v) is 11.7. The molecule has 44 heavy (non-hydrogen) atoms. The van der Waals surface area contributed by atoms with E-state index in [0.29, 0.717) is 26.2 Å². The molecule has 0 aliphatic carbocycles. The first-order valence-electron chi connectivity index (χ1n) is 17.1. The van der Waals surface area contributed by atoms with Crippen molar-refractivity contribution in [2.24, 2.45) is 32.9 Å². The van der Waals surface area contributed by atoms with Gasteiger partial charge in [0, 0.05) is 13.0 Å². The Labute approximate surface area is 267 Å². The van der Waals surface area contributed by atoms with Gasteiger partial charge in [0.2, 0.25) is 5.91 Å². The number of hydrogen-bond donors (Lipinski definition) is 5. The molecule has 10 nitrogen and oxygen atoms in total. The summed E-state index contributed by atoms with van der Waals surface area (Å²) >= 11 is 0. The van der Waals surface area contributed by atoms with Gasteiger partial charge in [0.25, 0.3) is 0 Å². The molecule has 10 heteroatoms. The number of unbranched alkanes of at least 4 members (excludes halogenated alkanes) is 9. The number of aliphatic imine (C=N–C) groups is 2. The number of amides is 1. The normalized spacial score (nSPS) is 12.2. The third-order valence-electron chi connectivity index (χ3n) is 7.74. The quantitative estimate of drug-likeness (QED) is 0.0454. The average molecular weight is 618 g/mol. The summed E-state index contributed by atoms with van der Waals surface area (Å²) in [5.41, 5.74) is 23.2. The Balaban J connectivity index is 2.61. The Morgan fingerprint density at radius 1 is 0.705 bits per heavy atom. The van der Waals surface area contributed by atoms with E-state index in [-0.39, 0.29) is 29.9 Å². The maximum Gasteiger partial charge on any atom is 0.220 e. The number of benzene rings is 1. The van der Waals surface area contributed by atoms with Crippen LogP contribution in [0.3, 0.4) is 0 Å². The number of nitrogens with two attached hydrogens (primary N) is 4. The fraction of sp³-hybridized carbons (Fsp3) is 0.735. The van der Waals surface area contributed by atoms with Crippen LogP contribution in [0.4, 0.5) is 0 Å². The van der Waals surface area contributed by atoms with E-state index in [1.165, 1.54) is 25.7 Å². The Hall–Kier alpha value is -3.17. The fourth-order valence-electron chi connectivity index (χ4n) is 5.07. The van der Waals surface area contributed by atoms with Crippen LogP contribution >= 0.6 is 0 Å². The van der Waals surface area contributed by atoms with Gasteiger partial charge >= 0.3 is 0 Å². The second-order valence-electron chi connectivity index (χ2n) is 11.7. The van der Waals surface area contributed by atoms with Crippen LogP contribution in [0.15, 0.2) is 28.2 Å². The molecular formula is C34H63N7O3. The van der Waals surface area contributed by atoms with E-state index in [9.17, 15) is 4.79 Å². The van der Waals surface area contributed by atoms with Crippen LogP contribution in [-0.4, -0.2) is 43.1 Å². The standard InChI is InChI=1S/C34H63N7O3/c1-4-7-8-9-10-15-20-32(42)39-26-27-21-22-30(43-23-16-11-13-18-28(5-2)40-33(35)36)31(25-27)44-24-17-12-14-19-29(6-3)41-34(37)38/h21-22,25,28-29H,4-20,23-24,26H2,1-3H3,(H,39,42)(H4,35,36,40)(H4,37,38,41). The van der Waals surface area contributed by atoms with E-state index < -0.39 is 0 Å². The fourth-order valence-corrected chi connectivity index (χ4v) is 5.07. The molecule has 0 saturated heterocycles. The number of carbonyl (C=O) groups excluding carboxylic acids is 1. The molecule has 0 spiro atoms. The summed E-state index contributed by atoms with van der Waals surface area (Å²) in [5, 5.41) is 3.06. The number of rotatable bonds is 27. The zero-order valence-corrected chi connectivity index (χ0v) is 28.0. The van der Waals surface area contributed by atoms with Gasteiger partial charge in [-0.1, -0.05) is 71.8 Å². The minimum absolute atomic E-state index is 0.0968. The first-order valence-corrected chi connectivity index (χ1v) is 17.1. The van der Waals surface area contributed by atoms with Gasteiger partial charge in [0.1, 0.15) is 0 Å². The molecule has 252 valence electrons. The molecule has 0 heterocycles. The second kappa shape index (κ2) is 25.2. The van der Waals surface area contributed by atoms with Gasteiger partial charge in [0.05, 0.1) is 25.3 Å². The number of hydrogen-bond acceptors (Lipinski definition) is 5. The van der Waals surface area contributed by atoms with E-state index in [0.717, 1.165) is 94.1 Å². The van der Waals surface area contributed by atoms with Crippen molar-refractivity contribution in [2.75, 3.05) is 13.2 Å². The molecule has 1 aromatic carbocycles. The first kappa shape index (κ1) is 38.9. The monoisotopic (exact) mass is 617 g/mol. The Morgan fingerprint density at radius 2 is 1.23 bits per heavy atom. The van der Waals surface area contributed by atoms with E-state index >= 15 is 0 Å². The molecule has 1 aromatic rings. The van der Waals surface area contributed by atoms with Crippen LogP contribution in [0.25, 0.3) is 0 Å². The number of nitrogens with one attached hydrogen (secondary N) is 1. The van der Waals surface area contributed by atoms with Crippen molar-refractivity contribution in [1.29, 1.82) is 0 Å². The van der Waals surface area contributed by atoms with Gasteiger partial charge in [-0.2, -0.15) is 0 Å². The van der Waals surface area contributed by atoms with Crippen LogP contribution in [0.5, 0.6) is 11.5 Å². The van der Waals surface area contributed by atoms with Gasteiger partial charge in [-0.25, -0.2) is 0 Å². The van der Waals surface area contributed by atoms with Crippen LogP contribution in [-0.2, 0) is 11.3 Å². The van der Waals surface area contributed by atoms with E-state index in [1.807, 2.05) is 18.2 Å². The lowest BCUT2D eigenvalue weighted by Crippen LogP contribution is -2.25. The summed E-state index contributed by atoms with van der Waals surface area (Å²) in [5.74, 6) is 1.86. The molecule has 1 amide bonds. The smallest absolute Gasteiger partial charge is 0.220 e. The third-order valence-corrected chi connectivity index (χ3v) is 7.74. The van der Waals surface area contributed by atoms with Crippen LogP contribution in [0, 0.1) is 0 Å². The topological polar surface area (TPSA) is 176 Å². The molecule has 0 aliphatic rings. The molecule has 0 aromatic heterocycles. The van der Waals surface area contributed by atoms with E-state index in [1.54, 1.807) is 0 Å². The largest absolute Gasteiger partial charge is 0.490 e. The predicted octanol–water partition coefficient (Wildman–Crippen LogP) is 6.04. The van der Waals surface area contributed by atoms with E-state index in [4.69, 9.17) is 32.4 Å². The van der Waals surface area contributed by atoms with Gasteiger partial charge in [-0.15, -0.1) is 0 Å². The predicted molar refractivity (Wildman–Crippen MR) is 184 cm³/mol. The van der Waals surface area contributed by atoms with Crippen molar-refractivity contribution in [1.82, 2.24) is 5.32 Å². The molecule has 0 saturated carbocycles. The summed E-state index contributed by atoms with van der Waals surface area (Å²) in [7, 11) is 0. The molecule has 0 bridgehead atoms. The van der Waals surface area contributed by atoms with Crippen molar-refractivity contribution in [3.8, 4) is 11.5 Å². The first-order chi connectivity index (χ1) is 21.3. The lowest BCUT2D eigenvalue weighted by atomic mass is 10.1. The number of guanidine groups is 2. The summed E-state index contributed by atoms with van der Waals surface area (Å²) in [6.07, 6.45) is 17.4. The summed E-state index contributed by atoms with van der Waals surface area (Å²) in [6, 6.07) is 6.31. The molecule has 0 radical (unpaired) electrons. The summed E-state index contributed by atoms with van der Waals surface area (Å²) in [4.78, 5) is 21.0. The SMILES string of the molecule is CCCCCCCCC(=O)NCc1ccc(OCCCCCC(CC)N=C(N)N)c(OCCCCCC(CC)N=C(N)N)c1. The van der Waals surface area contributed by atoms with Gasteiger partial charge in [-0.05, 0) is 75.5 Å². The highest BCUT2D eigenvalue weighted by molar-refractivity contribution is 5.76. The molecule has 0 fully saturated rings. The Morgan fingerprint density at radius 3 is 1.77 bits per heavy atom. The average Bonchev–Trinajstić information content (AvgIpc) is 3.00. The minimum Gasteiger partial charge on any atom is -0.490 e. The number of ether oxygens (including phenoxy) is 2. The maximum absolute atomic E-state index is 12.4. The van der Waals surface area contributed by atoms with Crippen LogP contribution < -0.4 is 37.7 Å². The van der Waals surface area contributed by atoms with Crippen LogP contribution in [0.2, 0.25) is 0 Å². The molecular weight excluding hydrogens is 554 g/mol. The minimum atomic E-state index is 0.0968. The highest BCUT2D eigenvalue weighted by Crippen LogP contribution is 2.29. The molecule has 2 atom stereocenters. The zero-order chi connectivity index (χ0) is 32.4. The molecule has 1 rings (SSSR count). The molecule has 0 aliphatic heterocycles. The van der Waals surface area contributed by atoms with Crippen molar-refractivity contribution < 1.29 is 14.3 Å². The third kappa shape index (κ3) is 19.9. The van der Waals surface area contributed by atoms with Crippen molar-refractivity contribution in [2.45, 2.75) is 149 Å². The number of carbonyl (C=O) groups is 1. The summed E-state index contributed by atoms with van der Waals surface area (Å²) < 4.78 is 12.4. The Kier molecular flexibility index (Phi) is 22.2. The number of nitrogens with zero attached hydrogens (tertiary/aromatic N) is 2. The Bertz CT molecular complexity index is 947. The van der Waals surface area contributed by atoms with E-state index in [2.05, 4.69) is 36.1 Å². The molecule has 9 N–H and O–H groups in total. The van der Waals surface area contributed by atoms with Crippen LogP contribution in [0.1, 0.15) is 135 Å². The lowest BCUT2D eigenvalue weighted by Gasteiger charge is -2.15. The van der Waals surface area contributed by atoms with Gasteiger partial charge in [0.15, 0.2) is 23.4 Å². The van der Waals surface area contributed by atoms with Crippen molar-refractivity contribution >= 4 is 17.8 Å². The van der Waals surface area contributed by atoms with Crippen molar-refractivity contribution in [3.63, 3.8) is 0 Å². The highest BCUT2D eigenvalue weighted by atomic mass is 16.5. The van der Waals surface area contributed by atoms with Gasteiger partial charge in [-0.3, -0.25) is 14.8 Å². The lowest BCUT2D eigenvalue weighted by molar-refractivity contribution is -0.121. The highest BCUT2D eigenvalue weighted by Gasteiger charge is 2.10. The van der Waals surface area contributed by atoms with Crippen molar-refractivity contribution in [3.05, 3.63) is 23.8 Å². The summed E-state index contributed by atoms with van der Waals surface area (Å²) in [6.45, 7) is 8.08.